The minimum Gasteiger partial charge on any atom is -0.456 e. The maximum atomic E-state index is 6.88. The van der Waals surface area contributed by atoms with E-state index in [0.717, 1.165) is 56.7 Å². The van der Waals surface area contributed by atoms with Crippen LogP contribution in [0.1, 0.15) is 0 Å². The molecule has 0 aliphatic carbocycles. The normalized spacial score (nSPS) is 12.7. The van der Waals surface area contributed by atoms with E-state index in [9.17, 15) is 0 Å². The van der Waals surface area contributed by atoms with Gasteiger partial charge in [-0.1, -0.05) is 91.0 Å². The van der Waals surface area contributed by atoms with Gasteiger partial charge >= 0.3 is 0 Å². The van der Waals surface area contributed by atoms with Crippen LogP contribution in [0, 0.1) is 0 Å². The summed E-state index contributed by atoms with van der Waals surface area (Å²) >= 11 is 0. The third kappa shape index (κ3) is 5.38. The monoisotopic (exact) mass is 649 g/mol. The van der Waals surface area contributed by atoms with Gasteiger partial charge in [0.25, 0.3) is 0 Å². The van der Waals surface area contributed by atoms with Crippen molar-refractivity contribution in [3.8, 4) is 51.5 Å². The first-order chi connectivity index (χ1) is 24.7. The highest BCUT2D eigenvalue weighted by molar-refractivity contribution is 6.11. The molecule has 0 fully saturated rings. The summed E-state index contributed by atoms with van der Waals surface area (Å²) in [6.45, 7) is 0.764. The average Bonchev–Trinajstić information content (AvgIpc) is 3.76. The highest BCUT2D eigenvalue weighted by Gasteiger charge is 2.22. The van der Waals surface area contributed by atoms with Crippen LogP contribution >= 0.6 is 0 Å². The first kappa shape index (κ1) is 29.3. The molecule has 0 N–H and O–H groups in total. The Hall–Kier alpha value is -6.80. The Morgan fingerprint density at radius 1 is 0.580 bits per heavy atom. The fraction of sp³-hybridized carbons (Fsp3) is 0.0476. The van der Waals surface area contributed by atoms with Crippen LogP contribution in [0.4, 0.5) is 5.69 Å². The lowest BCUT2D eigenvalue weighted by Crippen LogP contribution is -2.21. The minimum atomic E-state index is 0.518. The zero-order chi connectivity index (χ0) is 33.4. The van der Waals surface area contributed by atoms with E-state index < -0.39 is 0 Å². The Morgan fingerprint density at radius 2 is 1.28 bits per heavy atom. The van der Waals surface area contributed by atoms with Gasteiger partial charge in [-0.15, -0.1) is 0 Å². The molecule has 0 bridgehead atoms. The summed E-state index contributed by atoms with van der Waals surface area (Å²) in [5.41, 5.74) is 5.60. The maximum absolute atomic E-state index is 6.88. The lowest BCUT2D eigenvalue weighted by atomic mass is 10.1. The van der Waals surface area contributed by atoms with Gasteiger partial charge in [-0.3, -0.25) is 4.57 Å². The molecule has 1 aliphatic rings. The first-order valence-electron chi connectivity index (χ1n) is 16.5. The lowest BCUT2D eigenvalue weighted by Gasteiger charge is -2.19. The number of rotatable bonds is 7. The molecule has 3 aromatic heterocycles. The van der Waals surface area contributed by atoms with Crippen LogP contribution in [-0.2, 0) is 0 Å². The Morgan fingerprint density at radius 3 is 1.98 bits per heavy atom. The molecule has 9 rings (SSSR count). The number of pyridine rings is 1. The SMILES string of the molecule is CN1C=CN(c2cccc(Oc3cc4c(cc3-c3nc(-c5ccccc5)nc(-c5ccccc5)n3)c3ccccc3n4-c3ccccn3)c2)C1. The molecule has 0 amide bonds. The summed E-state index contributed by atoms with van der Waals surface area (Å²) in [5.74, 6) is 3.83. The Kier molecular flexibility index (Phi) is 7.24. The number of aromatic nitrogens is 5. The Labute approximate surface area is 289 Å². The van der Waals surface area contributed by atoms with Gasteiger partial charge < -0.3 is 14.5 Å². The zero-order valence-corrected chi connectivity index (χ0v) is 27.3. The molecule has 8 heteroatoms. The van der Waals surface area contributed by atoms with Crippen molar-refractivity contribution in [1.29, 1.82) is 0 Å². The lowest BCUT2D eigenvalue weighted by molar-refractivity contribution is 0.482. The molecule has 0 radical (unpaired) electrons. The molecule has 0 saturated heterocycles. The smallest absolute Gasteiger partial charge is 0.167 e. The quantitative estimate of drug-likeness (QED) is 0.170. The van der Waals surface area contributed by atoms with Gasteiger partial charge in [0.05, 0.1) is 23.3 Å². The fourth-order valence-corrected chi connectivity index (χ4v) is 6.47. The summed E-state index contributed by atoms with van der Waals surface area (Å²) in [6.07, 6.45) is 5.95. The summed E-state index contributed by atoms with van der Waals surface area (Å²) in [6, 6.07) is 46.8. The largest absolute Gasteiger partial charge is 0.456 e. The van der Waals surface area contributed by atoms with Crippen molar-refractivity contribution in [3.05, 3.63) is 158 Å². The molecule has 8 aromatic rings. The zero-order valence-electron chi connectivity index (χ0n) is 27.3. The Bertz CT molecular complexity index is 2460. The molecule has 50 heavy (non-hydrogen) atoms. The second-order valence-corrected chi connectivity index (χ2v) is 12.2. The molecular formula is C42H31N7O. The van der Waals surface area contributed by atoms with E-state index in [1.54, 1.807) is 0 Å². The molecule has 240 valence electrons. The van der Waals surface area contributed by atoms with Gasteiger partial charge in [0.1, 0.15) is 17.3 Å². The van der Waals surface area contributed by atoms with E-state index in [2.05, 4.69) is 82.3 Å². The second-order valence-electron chi connectivity index (χ2n) is 12.2. The van der Waals surface area contributed by atoms with E-state index in [-0.39, 0.29) is 0 Å². The van der Waals surface area contributed by atoms with Crippen molar-refractivity contribution in [3.63, 3.8) is 0 Å². The van der Waals surface area contributed by atoms with E-state index in [1.807, 2.05) is 97.2 Å². The number of anilines is 1. The van der Waals surface area contributed by atoms with Crippen LogP contribution in [0.2, 0.25) is 0 Å². The number of nitrogens with zero attached hydrogens (tertiary/aromatic N) is 7. The summed E-state index contributed by atoms with van der Waals surface area (Å²) < 4.78 is 9.06. The maximum Gasteiger partial charge on any atom is 0.167 e. The molecule has 8 nitrogen and oxygen atoms in total. The first-order valence-corrected chi connectivity index (χ1v) is 16.5. The average molecular weight is 650 g/mol. The second kappa shape index (κ2) is 12.3. The van der Waals surface area contributed by atoms with Crippen molar-refractivity contribution in [2.24, 2.45) is 0 Å². The van der Waals surface area contributed by atoms with Crippen LogP contribution in [-0.4, -0.2) is 43.1 Å². The van der Waals surface area contributed by atoms with Crippen LogP contribution in [0.25, 0.3) is 61.8 Å². The number of ether oxygens (including phenoxy) is 1. The van der Waals surface area contributed by atoms with Crippen LogP contribution < -0.4 is 9.64 Å². The summed E-state index contributed by atoms with van der Waals surface area (Å²) in [4.78, 5) is 24.2. The molecule has 0 unspecified atom stereocenters. The van der Waals surface area contributed by atoms with Gasteiger partial charge in [0.2, 0.25) is 0 Å². The molecule has 5 aromatic carbocycles. The van der Waals surface area contributed by atoms with Crippen LogP contribution in [0.5, 0.6) is 11.5 Å². The standard InChI is InChI=1S/C42H31N7O/c1-47-23-24-48(28-47)31-17-12-18-32(25-31)50-38-27-37-34(33-19-8-9-20-36(33)49(37)39-21-10-11-22-43-39)26-35(38)42-45-40(29-13-4-2-5-14-29)44-41(46-42)30-15-6-3-7-16-30/h2-27H,28H2,1H3. The van der Waals surface area contributed by atoms with Gasteiger partial charge in [0, 0.05) is 65.4 Å². The molecule has 0 spiro atoms. The number of hydrogen-bond donors (Lipinski definition) is 0. The third-order valence-corrected chi connectivity index (χ3v) is 8.85. The van der Waals surface area contributed by atoms with Gasteiger partial charge in [-0.05, 0) is 36.4 Å². The minimum absolute atomic E-state index is 0.518. The predicted octanol–water partition coefficient (Wildman–Crippen LogP) is 9.34. The molecular weight excluding hydrogens is 619 g/mol. The van der Waals surface area contributed by atoms with Crippen molar-refractivity contribution in [2.75, 3.05) is 18.6 Å². The number of para-hydroxylation sites is 1. The fourth-order valence-electron chi connectivity index (χ4n) is 6.47. The van der Waals surface area contributed by atoms with Crippen molar-refractivity contribution in [1.82, 2.24) is 29.4 Å². The molecule has 0 saturated carbocycles. The van der Waals surface area contributed by atoms with Gasteiger partial charge in [-0.25, -0.2) is 19.9 Å². The molecule has 1 aliphatic heterocycles. The molecule has 4 heterocycles. The summed E-state index contributed by atoms with van der Waals surface area (Å²) in [7, 11) is 2.06. The highest BCUT2D eigenvalue weighted by Crippen LogP contribution is 2.41. The van der Waals surface area contributed by atoms with Gasteiger partial charge in [-0.2, -0.15) is 0 Å². The van der Waals surface area contributed by atoms with Crippen LogP contribution in [0.15, 0.2) is 158 Å². The van der Waals surface area contributed by atoms with Crippen molar-refractivity contribution < 1.29 is 4.74 Å². The molecule has 0 atom stereocenters. The Balaban J connectivity index is 1.30. The number of fused-ring (bicyclic) bond motifs is 3. The van der Waals surface area contributed by atoms with Gasteiger partial charge in [0.15, 0.2) is 17.5 Å². The van der Waals surface area contributed by atoms with Crippen molar-refractivity contribution >= 4 is 27.5 Å². The van der Waals surface area contributed by atoms with Crippen molar-refractivity contribution in [2.45, 2.75) is 0 Å². The highest BCUT2D eigenvalue weighted by atomic mass is 16.5. The predicted molar refractivity (Wildman–Crippen MR) is 199 cm³/mol. The topological polar surface area (TPSA) is 72.2 Å². The van der Waals surface area contributed by atoms with E-state index in [4.69, 9.17) is 24.7 Å². The van der Waals surface area contributed by atoms with E-state index >= 15 is 0 Å². The van der Waals surface area contributed by atoms with E-state index in [0.29, 0.717) is 29.0 Å². The summed E-state index contributed by atoms with van der Waals surface area (Å²) in [5, 5.41) is 2.13. The van der Waals surface area contributed by atoms with Crippen LogP contribution in [0.3, 0.4) is 0 Å². The number of hydrogen-bond acceptors (Lipinski definition) is 7. The van der Waals surface area contributed by atoms with E-state index in [1.165, 1.54) is 0 Å². The third-order valence-electron chi connectivity index (χ3n) is 8.85. The number of benzene rings is 5.